The second-order valence-corrected chi connectivity index (χ2v) is 6.15. The highest BCUT2D eigenvalue weighted by atomic mass is 32.1. The predicted octanol–water partition coefficient (Wildman–Crippen LogP) is 4.61. The number of rotatable bonds is 3. The van der Waals surface area contributed by atoms with E-state index in [1.807, 2.05) is 66.0 Å². The first-order chi connectivity index (χ1) is 11.8. The fourth-order valence-corrected chi connectivity index (χ4v) is 3.25. The van der Waals surface area contributed by atoms with Crippen molar-refractivity contribution in [3.05, 3.63) is 77.9 Å². The summed E-state index contributed by atoms with van der Waals surface area (Å²) >= 11 is 1.52. The third kappa shape index (κ3) is 2.77. The number of nitrogens with one attached hydrogen (secondary N) is 1. The number of hydrogen-bond acceptors (Lipinski definition) is 4. The number of nitrogens with zero attached hydrogens (tertiary/aromatic N) is 2. The van der Waals surface area contributed by atoms with Gasteiger partial charge in [0.1, 0.15) is 17.0 Å². The van der Waals surface area contributed by atoms with Gasteiger partial charge in [-0.2, -0.15) is 0 Å². The third-order valence-electron chi connectivity index (χ3n) is 3.75. The maximum Gasteiger partial charge on any atom is 0.256 e. The van der Waals surface area contributed by atoms with Gasteiger partial charge in [-0.1, -0.05) is 42.5 Å². The van der Waals surface area contributed by atoms with Gasteiger partial charge in [0.2, 0.25) is 0 Å². The largest absolute Gasteiger partial charge is 0.306 e. The molecule has 2 aromatic heterocycles. The topological polar surface area (TPSA) is 54.9 Å². The molecule has 1 N–H and O–H groups in total. The van der Waals surface area contributed by atoms with Gasteiger partial charge in [0, 0.05) is 5.56 Å². The summed E-state index contributed by atoms with van der Waals surface area (Å²) in [5.74, 6) is 0.360. The van der Waals surface area contributed by atoms with Crippen LogP contribution < -0.4 is 5.32 Å². The summed E-state index contributed by atoms with van der Waals surface area (Å²) < 4.78 is 0. The molecule has 4 nitrogen and oxygen atoms in total. The molecule has 24 heavy (non-hydrogen) atoms. The van der Waals surface area contributed by atoms with Crippen LogP contribution in [0, 0.1) is 0 Å². The van der Waals surface area contributed by atoms with Gasteiger partial charge in [-0.3, -0.25) is 4.79 Å². The Morgan fingerprint density at radius 1 is 0.875 bits per heavy atom. The van der Waals surface area contributed by atoms with Crippen molar-refractivity contribution in [1.29, 1.82) is 0 Å². The smallest absolute Gasteiger partial charge is 0.256 e. The number of hydrogen-bond donors (Lipinski definition) is 1. The van der Waals surface area contributed by atoms with E-state index in [1.165, 1.54) is 17.7 Å². The number of carbonyl (C=O) groups is 1. The molecule has 0 aliphatic carbocycles. The normalized spacial score (nSPS) is 10.7. The molecule has 2 aromatic carbocycles. The lowest BCUT2D eigenvalue weighted by atomic mass is 10.0. The second kappa shape index (κ2) is 6.22. The van der Waals surface area contributed by atoms with Crippen molar-refractivity contribution in [2.45, 2.75) is 0 Å². The molecule has 1 amide bonds. The van der Waals surface area contributed by atoms with Gasteiger partial charge in [-0.25, -0.2) is 9.97 Å². The highest BCUT2D eigenvalue weighted by Gasteiger charge is 2.10. The van der Waals surface area contributed by atoms with E-state index in [0.29, 0.717) is 11.4 Å². The van der Waals surface area contributed by atoms with E-state index in [2.05, 4.69) is 15.3 Å². The van der Waals surface area contributed by atoms with Crippen LogP contribution >= 0.6 is 11.3 Å². The predicted molar refractivity (Wildman–Crippen MR) is 97.2 cm³/mol. The molecule has 0 bridgehead atoms. The highest BCUT2D eigenvalue weighted by molar-refractivity contribution is 7.16. The number of anilines is 1. The van der Waals surface area contributed by atoms with Crippen LogP contribution in [-0.2, 0) is 0 Å². The summed E-state index contributed by atoms with van der Waals surface area (Å²) in [5, 5.41) is 5.66. The highest BCUT2D eigenvalue weighted by Crippen LogP contribution is 2.24. The monoisotopic (exact) mass is 331 g/mol. The summed E-state index contributed by atoms with van der Waals surface area (Å²) in [7, 11) is 0. The van der Waals surface area contributed by atoms with Crippen molar-refractivity contribution in [3.8, 4) is 11.1 Å². The number of amides is 1. The minimum Gasteiger partial charge on any atom is -0.306 e. The van der Waals surface area contributed by atoms with E-state index in [9.17, 15) is 4.79 Å². The molecule has 5 heteroatoms. The van der Waals surface area contributed by atoms with E-state index < -0.39 is 0 Å². The van der Waals surface area contributed by atoms with E-state index in [-0.39, 0.29) is 5.91 Å². The van der Waals surface area contributed by atoms with E-state index in [1.54, 1.807) is 0 Å². The molecule has 4 aromatic rings. The summed E-state index contributed by atoms with van der Waals surface area (Å²) in [4.78, 5) is 21.7. The molecule has 0 saturated carbocycles. The molecular weight excluding hydrogens is 318 g/mol. The SMILES string of the molecule is O=C(Nc1ncnc2sccc12)c1ccc(-c2ccccc2)cc1. The standard InChI is InChI=1S/C19H13N3OS/c23-18(22-17-16-10-11-24-19(16)21-12-20-17)15-8-6-14(7-9-15)13-4-2-1-3-5-13/h1-12H,(H,20,21,22,23). The first-order valence-electron chi connectivity index (χ1n) is 7.46. The molecule has 0 spiro atoms. The van der Waals surface area contributed by atoms with Crippen molar-refractivity contribution in [2.24, 2.45) is 0 Å². The zero-order chi connectivity index (χ0) is 16.4. The Balaban J connectivity index is 1.58. The Labute approximate surface area is 142 Å². The van der Waals surface area contributed by atoms with Crippen molar-refractivity contribution in [2.75, 3.05) is 5.32 Å². The average Bonchev–Trinajstić information content (AvgIpc) is 3.12. The van der Waals surface area contributed by atoms with Crippen LogP contribution in [0.1, 0.15) is 10.4 Å². The fourth-order valence-electron chi connectivity index (χ4n) is 2.51. The van der Waals surface area contributed by atoms with Crippen molar-refractivity contribution < 1.29 is 4.79 Å². The van der Waals surface area contributed by atoms with Crippen LogP contribution in [0.4, 0.5) is 5.82 Å². The Morgan fingerprint density at radius 3 is 2.42 bits per heavy atom. The van der Waals surface area contributed by atoms with Gasteiger partial charge in [-0.15, -0.1) is 11.3 Å². The fraction of sp³-hybridized carbons (Fsp3) is 0. The zero-order valence-electron chi connectivity index (χ0n) is 12.6. The molecule has 2 heterocycles. The van der Waals surface area contributed by atoms with Gasteiger partial charge in [-0.05, 0) is 34.7 Å². The first kappa shape index (κ1) is 14.5. The molecule has 0 saturated heterocycles. The third-order valence-corrected chi connectivity index (χ3v) is 4.57. The molecule has 0 aliphatic heterocycles. The molecular formula is C19H13N3OS. The molecule has 0 unspecified atom stereocenters. The number of benzene rings is 2. The zero-order valence-corrected chi connectivity index (χ0v) is 13.5. The van der Waals surface area contributed by atoms with Crippen LogP contribution in [0.3, 0.4) is 0 Å². The number of carbonyl (C=O) groups excluding carboxylic acids is 1. The molecule has 0 fully saturated rings. The van der Waals surface area contributed by atoms with Gasteiger partial charge in [0.25, 0.3) is 5.91 Å². The van der Waals surface area contributed by atoms with Crippen LogP contribution in [0.15, 0.2) is 72.4 Å². The lowest BCUT2D eigenvalue weighted by Crippen LogP contribution is -2.13. The Bertz CT molecular complexity index is 994. The molecule has 116 valence electrons. The molecule has 0 aliphatic rings. The minimum atomic E-state index is -0.180. The Kier molecular flexibility index (Phi) is 3.76. The van der Waals surface area contributed by atoms with E-state index >= 15 is 0 Å². The van der Waals surface area contributed by atoms with Crippen molar-refractivity contribution in [1.82, 2.24) is 9.97 Å². The summed E-state index contributed by atoms with van der Waals surface area (Å²) in [6.45, 7) is 0. The first-order valence-corrected chi connectivity index (χ1v) is 8.34. The Hall–Kier alpha value is -3.05. The van der Waals surface area contributed by atoms with E-state index in [0.717, 1.165) is 21.3 Å². The minimum absolute atomic E-state index is 0.180. The maximum atomic E-state index is 12.5. The van der Waals surface area contributed by atoms with Crippen LogP contribution in [0.25, 0.3) is 21.3 Å². The number of thiophene rings is 1. The molecule has 0 atom stereocenters. The van der Waals surface area contributed by atoms with Crippen molar-refractivity contribution in [3.63, 3.8) is 0 Å². The Morgan fingerprint density at radius 2 is 1.62 bits per heavy atom. The van der Waals surface area contributed by atoms with Gasteiger partial charge in [0.05, 0.1) is 5.39 Å². The van der Waals surface area contributed by atoms with Gasteiger partial charge < -0.3 is 5.32 Å². The van der Waals surface area contributed by atoms with Crippen LogP contribution in [0.2, 0.25) is 0 Å². The second-order valence-electron chi connectivity index (χ2n) is 5.26. The van der Waals surface area contributed by atoms with E-state index in [4.69, 9.17) is 0 Å². The lowest BCUT2D eigenvalue weighted by molar-refractivity contribution is 0.102. The summed E-state index contributed by atoms with van der Waals surface area (Å²) in [6, 6.07) is 19.5. The lowest BCUT2D eigenvalue weighted by Gasteiger charge is -2.06. The number of fused-ring (bicyclic) bond motifs is 1. The summed E-state index contributed by atoms with van der Waals surface area (Å²) in [5.41, 5.74) is 2.80. The van der Waals surface area contributed by atoms with Gasteiger partial charge >= 0.3 is 0 Å². The molecule has 0 radical (unpaired) electrons. The molecule has 4 rings (SSSR count). The van der Waals surface area contributed by atoms with Gasteiger partial charge in [0.15, 0.2) is 0 Å². The maximum absolute atomic E-state index is 12.5. The quantitative estimate of drug-likeness (QED) is 0.596. The van der Waals surface area contributed by atoms with Crippen molar-refractivity contribution >= 4 is 33.3 Å². The summed E-state index contributed by atoms with van der Waals surface area (Å²) in [6.07, 6.45) is 1.47. The average molecular weight is 331 g/mol. The van der Waals surface area contributed by atoms with Crippen LogP contribution in [-0.4, -0.2) is 15.9 Å². The number of aromatic nitrogens is 2. The van der Waals surface area contributed by atoms with Crippen LogP contribution in [0.5, 0.6) is 0 Å².